The summed E-state index contributed by atoms with van der Waals surface area (Å²) in [6.45, 7) is 4.45. The van der Waals surface area contributed by atoms with Gasteiger partial charge in [-0.15, -0.1) is 0 Å². The standard InChI is InChI=1S/C23H19Cl2FN4O3S/c1-13(2)12-32-23-19(25)7-16(11-28-23)33-21-9-20(26)17(8-18(21)24)22(31)30-34-29-15-5-3-14(10-27)4-6-15/h3-9,11,13,29H,12H2,1-2H3,(H,30,31). The summed E-state index contributed by atoms with van der Waals surface area (Å²) in [6.07, 6.45) is 1.38. The maximum atomic E-state index is 14.6. The molecule has 2 aromatic carbocycles. The number of ether oxygens (including phenoxy) is 2. The Morgan fingerprint density at radius 2 is 1.94 bits per heavy atom. The van der Waals surface area contributed by atoms with Gasteiger partial charge in [0.1, 0.15) is 22.3 Å². The summed E-state index contributed by atoms with van der Waals surface area (Å²) in [5.74, 6) is -0.744. The molecule has 0 aliphatic rings. The van der Waals surface area contributed by atoms with E-state index in [4.69, 9.17) is 37.9 Å². The molecule has 34 heavy (non-hydrogen) atoms. The van der Waals surface area contributed by atoms with Crippen LogP contribution in [0.3, 0.4) is 0 Å². The van der Waals surface area contributed by atoms with Gasteiger partial charge in [0.2, 0.25) is 5.88 Å². The van der Waals surface area contributed by atoms with Gasteiger partial charge in [0.05, 0.1) is 47.2 Å². The number of benzene rings is 2. The number of carbonyl (C=O) groups excluding carboxylic acids is 1. The van der Waals surface area contributed by atoms with Crippen LogP contribution < -0.4 is 18.9 Å². The van der Waals surface area contributed by atoms with Crippen LogP contribution in [0.25, 0.3) is 0 Å². The molecule has 0 saturated heterocycles. The molecule has 0 atom stereocenters. The van der Waals surface area contributed by atoms with E-state index in [1.54, 1.807) is 24.3 Å². The highest BCUT2D eigenvalue weighted by Gasteiger charge is 2.17. The maximum Gasteiger partial charge on any atom is 0.265 e. The molecule has 1 amide bonds. The van der Waals surface area contributed by atoms with E-state index in [9.17, 15) is 9.18 Å². The molecule has 0 aliphatic heterocycles. The van der Waals surface area contributed by atoms with Crippen LogP contribution in [0.15, 0.2) is 48.7 Å². The van der Waals surface area contributed by atoms with Crippen LogP contribution in [0.2, 0.25) is 10.0 Å². The predicted octanol–water partition coefficient (Wildman–Crippen LogP) is 6.63. The lowest BCUT2D eigenvalue weighted by Gasteiger charge is -2.12. The van der Waals surface area contributed by atoms with Crippen LogP contribution >= 0.6 is 35.3 Å². The minimum Gasteiger partial charge on any atom is -0.476 e. The lowest BCUT2D eigenvalue weighted by atomic mass is 10.2. The number of halogens is 3. The number of pyridine rings is 1. The van der Waals surface area contributed by atoms with Crippen LogP contribution in [-0.4, -0.2) is 17.5 Å². The minimum atomic E-state index is -0.827. The molecule has 1 heterocycles. The molecule has 1 aromatic heterocycles. The molecule has 0 unspecified atom stereocenters. The number of anilines is 1. The number of nitriles is 1. The Kier molecular flexibility index (Phi) is 8.82. The predicted molar refractivity (Wildman–Crippen MR) is 131 cm³/mol. The highest BCUT2D eigenvalue weighted by atomic mass is 35.5. The van der Waals surface area contributed by atoms with Gasteiger partial charge in [-0.3, -0.25) is 9.52 Å². The van der Waals surface area contributed by atoms with E-state index in [0.717, 1.165) is 18.2 Å². The van der Waals surface area contributed by atoms with Gasteiger partial charge in [0.25, 0.3) is 5.91 Å². The van der Waals surface area contributed by atoms with E-state index in [2.05, 4.69) is 14.4 Å². The van der Waals surface area contributed by atoms with E-state index >= 15 is 0 Å². The van der Waals surface area contributed by atoms with E-state index in [1.807, 2.05) is 19.9 Å². The number of nitrogens with one attached hydrogen (secondary N) is 2. The monoisotopic (exact) mass is 520 g/mol. The molecule has 0 spiro atoms. The first kappa shape index (κ1) is 25.4. The van der Waals surface area contributed by atoms with Crippen LogP contribution in [0, 0.1) is 23.1 Å². The fourth-order valence-corrected chi connectivity index (χ4v) is 3.44. The number of carbonyl (C=O) groups is 1. The molecule has 0 saturated carbocycles. The number of amides is 1. The van der Waals surface area contributed by atoms with Gasteiger partial charge in [-0.05, 0) is 36.2 Å². The Labute approximate surface area is 210 Å². The summed E-state index contributed by atoms with van der Waals surface area (Å²) in [7, 11) is 0. The number of aromatic nitrogens is 1. The molecule has 0 bridgehead atoms. The zero-order valence-electron chi connectivity index (χ0n) is 18.1. The summed E-state index contributed by atoms with van der Waals surface area (Å²) in [5, 5.41) is 9.07. The summed E-state index contributed by atoms with van der Waals surface area (Å²) >= 11 is 13.2. The second kappa shape index (κ2) is 11.8. The number of hydrogen-bond donors (Lipinski definition) is 2. The first-order valence-corrected chi connectivity index (χ1v) is 11.5. The fourth-order valence-electron chi connectivity index (χ4n) is 2.52. The second-order valence-corrected chi connectivity index (χ2v) is 8.78. The lowest BCUT2D eigenvalue weighted by Crippen LogP contribution is -2.19. The molecule has 11 heteroatoms. The SMILES string of the molecule is CC(C)COc1ncc(Oc2cc(F)c(C(=O)NSNc3ccc(C#N)cc3)cc2Cl)cc1Cl. The van der Waals surface area contributed by atoms with Crippen molar-refractivity contribution in [1.29, 1.82) is 5.26 Å². The zero-order valence-corrected chi connectivity index (χ0v) is 20.4. The van der Waals surface area contributed by atoms with Crippen LogP contribution in [0.4, 0.5) is 10.1 Å². The molecule has 0 radical (unpaired) electrons. The maximum absolute atomic E-state index is 14.6. The summed E-state index contributed by atoms with van der Waals surface area (Å²) < 4.78 is 31.1. The van der Waals surface area contributed by atoms with Gasteiger partial charge in [0.15, 0.2) is 0 Å². The van der Waals surface area contributed by atoms with Crippen molar-refractivity contribution in [2.24, 2.45) is 5.92 Å². The zero-order chi connectivity index (χ0) is 24.7. The number of hydrogen-bond acceptors (Lipinski definition) is 7. The van der Waals surface area contributed by atoms with E-state index < -0.39 is 11.7 Å². The van der Waals surface area contributed by atoms with Crippen LogP contribution in [0.1, 0.15) is 29.8 Å². The average Bonchev–Trinajstić information content (AvgIpc) is 2.81. The van der Waals surface area contributed by atoms with Crippen molar-refractivity contribution in [3.05, 3.63) is 75.7 Å². The van der Waals surface area contributed by atoms with Crippen molar-refractivity contribution in [1.82, 2.24) is 9.71 Å². The van der Waals surface area contributed by atoms with Gasteiger partial charge in [-0.2, -0.15) is 5.26 Å². The Morgan fingerprint density at radius 1 is 1.21 bits per heavy atom. The molecular formula is C23H19Cl2FN4O3S. The Bertz CT molecular complexity index is 1220. The van der Waals surface area contributed by atoms with Crippen LogP contribution in [0.5, 0.6) is 17.4 Å². The molecule has 3 rings (SSSR count). The van der Waals surface area contributed by atoms with Crippen molar-refractivity contribution in [3.63, 3.8) is 0 Å². The normalized spacial score (nSPS) is 10.5. The molecule has 3 aromatic rings. The highest BCUT2D eigenvalue weighted by molar-refractivity contribution is 7.99. The smallest absolute Gasteiger partial charge is 0.265 e. The van der Waals surface area contributed by atoms with Gasteiger partial charge in [-0.25, -0.2) is 9.37 Å². The quantitative estimate of drug-likeness (QED) is 0.305. The minimum absolute atomic E-state index is 0.00667. The van der Waals surface area contributed by atoms with Crippen molar-refractivity contribution in [2.45, 2.75) is 13.8 Å². The molecule has 0 fully saturated rings. The van der Waals surface area contributed by atoms with Crippen molar-refractivity contribution < 1.29 is 18.7 Å². The molecule has 0 aliphatic carbocycles. The van der Waals surface area contributed by atoms with Crippen molar-refractivity contribution in [2.75, 3.05) is 11.3 Å². The van der Waals surface area contributed by atoms with Gasteiger partial charge < -0.3 is 14.2 Å². The summed E-state index contributed by atoms with van der Waals surface area (Å²) in [4.78, 5) is 16.5. The van der Waals surface area contributed by atoms with E-state index in [-0.39, 0.29) is 33.0 Å². The van der Waals surface area contributed by atoms with E-state index in [0.29, 0.717) is 23.8 Å². The highest BCUT2D eigenvalue weighted by Crippen LogP contribution is 2.34. The molecule has 2 N–H and O–H groups in total. The van der Waals surface area contributed by atoms with Crippen LogP contribution in [-0.2, 0) is 0 Å². The fraction of sp³-hybridized carbons (Fsp3) is 0.174. The molecular weight excluding hydrogens is 502 g/mol. The Hall–Kier alpha value is -3.19. The van der Waals surface area contributed by atoms with Crippen molar-refractivity contribution >= 4 is 46.9 Å². The Morgan fingerprint density at radius 3 is 2.59 bits per heavy atom. The lowest BCUT2D eigenvalue weighted by molar-refractivity contribution is 0.0980. The molecule has 7 nitrogen and oxygen atoms in total. The first-order chi connectivity index (χ1) is 16.3. The second-order valence-electron chi connectivity index (χ2n) is 7.35. The third-order valence-electron chi connectivity index (χ3n) is 4.16. The summed E-state index contributed by atoms with van der Waals surface area (Å²) in [5.41, 5.74) is 0.895. The first-order valence-electron chi connectivity index (χ1n) is 9.94. The van der Waals surface area contributed by atoms with Gasteiger partial charge in [-0.1, -0.05) is 37.0 Å². The number of nitrogens with zero attached hydrogens (tertiary/aromatic N) is 2. The van der Waals surface area contributed by atoms with E-state index in [1.165, 1.54) is 18.3 Å². The largest absolute Gasteiger partial charge is 0.476 e. The number of rotatable bonds is 9. The van der Waals surface area contributed by atoms with Gasteiger partial charge in [0, 0.05) is 17.8 Å². The molecule has 176 valence electrons. The topological polar surface area (TPSA) is 96.3 Å². The Balaban J connectivity index is 1.63. The average molecular weight is 521 g/mol. The summed E-state index contributed by atoms with van der Waals surface area (Å²) in [6, 6.07) is 12.2. The van der Waals surface area contributed by atoms with Crippen molar-refractivity contribution in [3.8, 4) is 23.4 Å². The van der Waals surface area contributed by atoms with Gasteiger partial charge >= 0.3 is 0 Å². The third kappa shape index (κ3) is 6.90. The third-order valence-corrected chi connectivity index (χ3v) is 5.35.